The Hall–Kier alpha value is -5.53. The minimum absolute atomic E-state index is 0.00285. The van der Waals surface area contributed by atoms with Gasteiger partial charge in [-0.15, -0.1) is 0 Å². The van der Waals surface area contributed by atoms with Crippen molar-refractivity contribution in [2.45, 2.75) is 141 Å². The zero-order valence-electron chi connectivity index (χ0n) is 34.4. The monoisotopic (exact) mass is 820 g/mol. The van der Waals surface area contributed by atoms with Crippen LogP contribution in [-0.4, -0.2) is 81.3 Å². The highest BCUT2D eigenvalue weighted by atomic mass is 16.4. The van der Waals surface area contributed by atoms with Crippen molar-refractivity contribution < 1.29 is 48.9 Å². The summed E-state index contributed by atoms with van der Waals surface area (Å²) in [5, 5.41) is 38.5. The third-order valence-corrected chi connectivity index (χ3v) is 9.96. The molecule has 2 aromatic carbocycles. The van der Waals surface area contributed by atoms with Gasteiger partial charge in [0.2, 0.25) is 11.8 Å². The molecule has 0 bridgehead atoms. The summed E-state index contributed by atoms with van der Waals surface area (Å²) in [6, 6.07) is 15.3. The fourth-order valence-electron chi connectivity index (χ4n) is 6.64. The normalized spacial score (nSPS) is 12.9. The molecule has 14 nitrogen and oxygen atoms in total. The Balaban J connectivity index is 1.70. The maximum Gasteiger partial charge on any atom is 0.326 e. The number of aliphatic carboxylic acids is 2. The van der Waals surface area contributed by atoms with E-state index in [1.807, 2.05) is 67.6 Å². The van der Waals surface area contributed by atoms with E-state index in [0.29, 0.717) is 70.8 Å². The first-order valence-corrected chi connectivity index (χ1v) is 20.9. The molecule has 0 aliphatic carbocycles. The molecule has 0 saturated carbocycles. The van der Waals surface area contributed by atoms with Crippen LogP contribution in [0.5, 0.6) is 0 Å². The molecule has 7 N–H and O–H groups in total. The zero-order chi connectivity index (χ0) is 43.4. The Kier molecular flexibility index (Phi) is 24.2. The van der Waals surface area contributed by atoms with Gasteiger partial charge in [0.05, 0.1) is 12.1 Å². The number of aliphatic hydroxyl groups excluding tert-OH is 1. The number of unbranched alkanes of at least 4 members (excludes halogenated alkanes) is 6. The molecule has 0 aromatic heterocycles. The first-order valence-electron chi connectivity index (χ1n) is 20.9. The number of hydrogen-bond acceptors (Lipinski definition) is 8. The lowest BCUT2D eigenvalue weighted by molar-refractivity contribution is -0.140. The highest BCUT2D eigenvalue weighted by Gasteiger charge is 2.28. The van der Waals surface area contributed by atoms with Gasteiger partial charge in [-0.2, -0.15) is 0 Å². The number of hydrogen-bond donors (Lipinski definition) is 7. The third kappa shape index (κ3) is 22.3. The van der Waals surface area contributed by atoms with Crippen molar-refractivity contribution >= 4 is 41.4 Å². The molecular formula is C45H64N4O10. The Morgan fingerprint density at radius 3 is 1.75 bits per heavy atom. The van der Waals surface area contributed by atoms with E-state index < -0.39 is 48.4 Å². The summed E-state index contributed by atoms with van der Waals surface area (Å²) in [7, 11) is 0. The van der Waals surface area contributed by atoms with Gasteiger partial charge in [0, 0.05) is 44.6 Å². The van der Waals surface area contributed by atoms with Crippen LogP contribution in [0.1, 0.15) is 121 Å². The van der Waals surface area contributed by atoms with Gasteiger partial charge in [-0.05, 0) is 62.5 Å². The first kappa shape index (κ1) is 49.6. The van der Waals surface area contributed by atoms with Gasteiger partial charge in [0.25, 0.3) is 0 Å². The van der Waals surface area contributed by atoms with Crippen LogP contribution >= 0.6 is 0 Å². The summed E-state index contributed by atoms with van der Waals surface area (Å²) in [4.78, 5) is 86.5. The van der Waals surface area contributed by atoms with E-state index in [0.717, 1.165) is 43.2 Å². The molecule has 0 aliphatic heterocycles. The van der Waals surface area contributed by atoms with Crippen molar-refractivity contribution in [1.29, 1.82) is 0 Å². The standard InChI is InChI=1S/C45H64N4O10/c1-3-18-41(53)47-39(30-34-21-12-8-13-22-34)40(52)31-35(29-33-19-10-7-11-20-33)43(56)46-28-17-6-4-5-14-23-36(51)24-15-9-16-25-37(32(2)50)48-45(59)49-38(44(57)58)26-27-42(54)55/h7-8,10-13,19-22,35,37-39,50H,2-6,9,14-18,23-31H2,1H3,(H,46,56)(H,47,53)(H,54,55)(H,57,58)(H2,48,49,59). The molecule has 0 fully saturated rings. The number of ketones is 2. The van der Waals surface area contributed by atoms with Crippen LogP contribution in [0.3, 0.4) is 0 Å². The summed E-state index contributed by atoms with van der Waals surface area (Å²) in [5.41, 5.74) is 1.88. The quantitative estimate of drug-likeness (QED) is 0.0319. The van der Waals surface area contributed by atoms with Crippen molar-refractivity contribution in [1.82, 2.24) is 21.3 Å². The largest absolute Gasteiger partial charge is 0.511 e. The Morgan fingerprint density at radius 1 is 0.610 bits per heavy atom. The van der Waals surface area contributed by atoms with E-state index in [9.17, 15) is 43.8 Å². The van der Waals surface area contributed by atoms with Crippen LogP contribution in [-0.2, 0) is 41.6 Å². The predicted molar refractivity (Wildman–Crippen MR) is 225 cm³/mol. The zero-order valence-corrected chi connectivity index (χ0v) is 34.4. The second-order valence-corrected chi connectivity index (χ2v) is 15.0. The summed E-state index contributed by atoms with van der Waals surface area (Å²) < 4.78 is 0. The SMILES string of the molecule is C=C(O)C(CCCCCC(=O)CCCCCCCNC(=O)C(CC(=O)C(Cc1ccccc1)NC(=O)CCC)Cc1ccccc1)NC(=O)NC(CCC(=O)O)C(=O)O. The average molecular weight is 821 g/mol. The number of carbonyl (C=O) groups excluding carboxylic acids is 5. The lowest BCUT2D eigenvalue weighted by Crippen LogP contribution is -2.49. The van der Waals surface area contributed by atoms with Crippen LogP contribution in [0.15, 0.2) is 73.0 Å². The average Bonchev–Trinajstić information content (AvgIpc) is 3.19. The number of nitrogens with one attached hydrogen (secondary N) is 4. The number of carboxylic acids is 2. The first-order chi connectivity index (χ1) is 28.3. The molecule has 0 radical (unpaired) electrons. The summed E-state index contributed by atoms with van der Waals surface area (Å²) in [6.07, 6.45) is 8.31. The van der Waals surface area contributed by atoms with Crippen LogP contribution < -0.4 is 21.3 Å². The number of rotatable bonds is 32. The van der Waals surface area contributed by atoms with E-state index in [4.69, 9.17) is 5.11 Å². The fraction of sp³-hybridized carbons (Fsp3) is 0.533. The molecule has 4 atom stereocenters. The van der Waals surface area contributed by atoms with E-state index in [1.165, 1.54) is 0 Å². The molecule has 14 heteroatoms. The molecule has 324 valence electrons. The van der Waals surface area contributed by atoms with Crippen LogP contribution in [0, 0.1) is 5.92 Å². The van der Waals surface area contributed by atoms with Gasteiger partial charge in [0.15, 0.2) is 5.78 Å². The Labute approximate surface area is 348 Å². The molecule has 59 heavy (non-hydrogen) atoms. The molecule has 4 amide bonds. The number of aliphatic hydroxyl groups is 1. The lowest BCUT2D eigenvalue weighted by atomic mass is 9.89. The Morgan fingerprint density at radius 2 is 1.17 bits per heavy atom. The second kappa shape index (κ2) is 28.8. The van der Waals surface area contributed by atoms with Crippen molar-refractivity contribution in [2.24, 2.45) is 5.92 Å². The van der Waals surface area contributed by atoms with Gasteiger partial charge in [-0.3, -0.25) is 24.0 Å². The molecule has 0 spiro atoms. The van der Waals surface area contributed by atoms with E-state index in [-0.39, 0.29) is 42.0 Å². The van der Waals surface area contributed by atoms with Gasteiger partial charge in [0.1, 0.15) is 17.6 Å². The van der Waals surface area contributed by atoms with Crippen molar-refractivity contribution in [3.63, 3.8) is 0 Å². The predicted octanol–water partition coefficient (Wildman–Crippen LogP) is 6.37. The van der Waals surface area contributed by atoms with E-state index in [1.54, 1.807) is 0 Å². The maximum absolute atomic E-state index is 13.7. The summed E-state index contributed by atoms with van der Waals surface area (Å²) in [6.45, 7) is 5.84. The number of carboxylic acid groups (broad SMARTS) is 2. The van der Waals surface area contributed by atoms with Crippen molar-refractivity contribution in [2.75, 3.05) is 6.54 Å². The smallest absolute Gasteiger partial charge is 0.326 e. The number of amides is 4. The second-order valence-electron chi connectivity index (χ2n) is 15.0. The molecule has 4 unspecified atom stereocenters. The lowest BCUT2D eigenvalue weighted by Gasteiger charge is -2.22. The number of Topliss-reactive ketones (excluding diaryl/α,β-unsaturated/α-hetero) is 2. The fourth-order valence-corrected chi connectivity index (χ4v) is 6.64. The third-order valence-electron chi connectivity index (χ3n) is 9.96. The number of carbonyl (C=O) groups is 7. The summed E-state index contributed by atoms with van der Waals surface area (Å²) >= 11 is 0. The minimum atomic E-state index is -1.40. The minimum Gasteiger partial charge on any atom is -0.511 e. The molecule has 2 aromatic rings. The van der Waals surface area contributed by atoms with Crippen molar-refractivity contribution in [3.8, 4) is 0 Å². The van der Waals surface area contributed by atoms with Gasteiger partial charge >= 0.3 is 18.0 Å². The number of benzene rings is 2. The van der Waals surface area contributed by atoms with Gasteiger partial charge < -0.3 is 36.6 Å². The summed E-state index contributed by atoms with van der Waals surface area (Å²) in [5.74, 6) is -3.84. The highest BCUT2D eigenvalue weighted by molar-refractivity contribution is 5.93. The topological polar surface area (TPSA) is 228 Å². The molecule has 2 rings (SSSR count). The van der Waals surface area contributed by atoms with Gasteiger partial charge in [-0.25, -0.2) is 9.59 Å². The van der Waals surface area contributed by atoms with Crippen LogP contribution in [0.25, 0.3) is 0 Å². The Bertz CT molecular complexity index is 1640. The van der Waals surface area contributed by atoms with Crippen LogP contribution in [0.4, 0.5) is 4.79 Å². The van der Waals surface area contributed by atoms with Crippen molar-refractivity contribution in [3.05, 3.63) is 84.1 Å². The molecule has 0 aliphatic rings. The van der Waals surface area contributed by atoms with Gasteiger partial charge in [-0.1, -0.05) is 106 Å². The molecule has 0 heterocycles. The number of urea groups is 1. The van der Waals surface area contributed by atoms with E-state index in [2.05, 4.69) is 27.8 Å². The molecule has 0 saturated heterocycles. The molecular weight excluding hydrogens is 757 g/mol. The van der Waals surface area contributed by atoms with Crippen LogP contribution in [0.2, 0.25) is 0 Å². The van der Waals surface area contributed by atoms with E-state index >= 15 is 0 Å². The maximum atomic E-state index is 13.7. The highest BCUT2D eigenvalue weighted by Crippen LogP contribution is 2.17.